The number of aliphatic hydroxyl groups is 1. The van der Waals surface area contributed by atoms with Gasteiger partial charge in [-0.3, -0.25) is 14.0 Å². The number of thiophene rings is 1. The van der Waals surface area contributed by atoms with E-state index in [4.69, 9.17) is 11.6 Å². The number of amides is 1. The molecule has 0 aromatic carbocycles. The highest BCUT2D eigenvalue weighted by molar-refractivity contribution is 7.22. The fourth-order valence-electron chi connectivity index (χ4n) is 3.84. The number of aromatic nitrogens is 3. The van der Waals surface area contributed by atoms with Gasteiger partial charge < -0.3 is 10.4 Å². The third kappa shape index (κ3) is 3.56. The zero-order chi connectivity index (χ0) is 20.1. The summed E-state index contributed by atoms with van der Waals surface area (Å²) in [6.45, 7) is 3.03. The minimum Gasteiger partial charge on any atom is -0.382 e. The minimum atomic E-state index is -1.31. The van der Waals surface area contributed by atoms with Crippen molar-refractivity contribution < 1.29 is 9.90 Å². The molecule has 4 rings (SSSR count). The number of fused-ring (bicyclic) bond motifs is 3. The van der Waals surface area contributed by atoms with E-state index in [9.17, 15) is 14.7 Å². The van der Waals surface area contributed by atoms with Crippen molar-refractivity contribution in [1.82, 2.24) is 19.5 Å². The summed E-state index contributed by atoms with van der Waals surface area (Å²) in [6, 6.07) is 3.65. The summed E-state index contributed by atoms with van der Waals surface area (Å²) < 4.78 is 4.21. The van der Waals surface area contributed by atoms with Gasteiger partial charge in [-0.1, -0.05) is 30.9 Å². The summed E-state index contributed by atoms with van der Waals surface area (Å²) in [4.78, 5) is 25.5. The van der Waals surface area contributed by atoms with Gasteiger partial charge in [0, 0.05) is 6.04 Å². The van der Waals surface area contributed by atoms with Crippen LogP contribution in [-0.4, -0.2) is 31.2 Å². The quantitative estimate of drug-likeness (QED) is 0.676. The lowest BCUT2D eigenvalue weighted by Crippen LogP contribution is -2.41. The molecular weight excluding hydrogens is 400 g/mol. The average Bonchev–Trinajstić information content (AvgIpc) is 3.13. The highest BCUT2D eigenvalue weighted by Crippen LogP contribution is 2.33. The maximum Gasteiger partial charge on any atom is 0.291 e. The van der Waals surface area contributed by atoms with Gasteiger partial charge in [-0.05, 0) is 38.8 Å². The molecule has 28 heavy (non-hydrogen) atoms. The van der Waals surface area contributed by atoms with E-state index in [2.05, 4.69) is 10.4 Å². The van der Waals surface area contributed by atoms with Crippen LogP contribution in [0, 0.1) is 0 Å². The van der Waals surface area contributed by atoms with E-state index in [1.807, 2.05) is 0 Å². The van der Waals surface area contributed by atoms with Crippen molar-refractivity contribution in [3.63, 3.8) is 0 Å². The van der Waals surface area contributed by atoms with Crippen LogP contribution in [0.1, 0.15) is 51.8 Å². The lowest BCUT2D eigenvalue weighted by atomic mass is 9.95. The normalized spacial score (nSPS) is 16.1. The molecule has 1 amide bonds. The first-order valence-corrected chi connectivity index (χ1v) is 10.7. The first-order chi connectivity index (χ1) is 13.2. The van der Waals surface area contributed by atoms with Crippen LogP contribution in [0.2, 0.25) is 4.34 Å². The van der Waals surface area contributed by atoms with Gasteiger partial charge in [0.15, 0.2) is 5.82 Å². The van der Waals surface area contributed by atoms with Gasteiger partial charge in [-0.2, -0.15) is 5.10 Å². The van der Waals surface area contributed by atoms with Crippen molar-refractivity contribution >= 4 is 44.6 Å². The topological polar surface area (TPSA) is 88.6 Å². The van der Waals surface area contributed by atoms with Crippen LogP contribution in [0.5, 0.6) is 0 Å². The fourth-order valence-corrected chi connectivity index (χ4v) is 5.00. The molecule has 3 aromatic heterocycles. The second-order valence-corrected chi connectivity index (χ2v) is 9.63. The van der Waals surface area contributed by atoms with Crippen LogP contribution in [0.4, 0.5) is 0 Å². The minimum absolute atomic E-state index is 0.162. The average molecular weight is 423 g/mol. The molecule has 1 saturated carbocycles. The number of nitrogens with one attached hydrogen (secondary N) is 1. The van der Waals surface area contributed by atoms with Crippen molar-refractivity contribution in [2.45, 2.75) is 64.1 Å². The second-order valence-electron chi connectivity index (χ2n) is 7.91. The van der Waals surface area contributed by atoms with Gasteiger partial charge in [0.1, 0.15) is 17.7 Å². The summed E-state index contributed by atoms with van der Waals surface area (Å²) >= 11 is 7.47. The van der Waals surface area contributed by atoms with E-state index in [1.54, 1.807) is 30.4 Å². The molecule has 7 nitrogen and oxygen atoms in total. The monoisotopic (exact) mass is 422 g/mol. The van der Waals surface area contributed by atoms with Crippen LogP contribution in [0.25, 0.3) is 15.7 Å². The molecule has 3 aromatic rings. The van der Waals surface area contributed by atoms with Crippen LogP contribution >= 0.6 is 22.9 Å². The molecule has 0 unspecified atom stereocenters. The Hall–Kier alpha value is -1.90. The summed E-state index contributed by atoms with van der Waals surface area (Å²) in [5.74, 6) is 0.0565. The Balaban J connectivity index is 1.75. The molecule has 3 heterocycles. The Bertz CT molecular complexity index is 1100. The number of carbonyl (C=O) groups is 1. The molecule has 1 fully saturated rings. The first-order valence-electron chi connectivity index (χ1n) is 9.48. The van der Waals surface area contributed by atoms with E-state index >= 15 is 0 Å². The molecule has 0 radical (unpaired) electrons. The Kier molecular flexibility index (Phi) is 4.97. The fraction of sp³-hybridized carbons (Fsp3) is 0.526. The summed E-state index contributed by atoms with van der Waals surface area (Å²) in [5.41, 5.74) is -0.583. The molecule has 1 aliphatic carbocycles. The third-order valence-corrected chi connectivity index (χ3v) is 6.35. The zero-order valence-electron chi connectivity index (χ0n) is 15.9. The molecule has 0 aliphatic heterocycles. The van der Waals surface area contributed by atoms with E-state index < -0.39 is 5.60 Å². The molecule has 150 valence electrons. The van der Waals surface area contributed by atoms with Gasteiger partial charge in [0.2, 0.25) is 5.91 Å². The molecule has 0 atom stereocenters. The van der Waals surface area contributed by atoms with Crippen molar-refractivity contribution in [3.05, 3.63) is 32.6 Å². The summed E-state index contributed by atoms with van der Waals surface area (Å²) in [6.07, 6.45) is 5.37. The second kappa shape index (κ2) is 7.17. The van der Waals surface area contributed by atoms with E-state index in [0.717, 1.165) is 40.6 Å². The van der Waals surface area contributed by atoms with Crippen LogP contribution in [0.15, 0.2) is 16.9 Å². The lowest BCUT2D eigenvalue weighted by Gasteiger charge is -2.23. The van der Waals surface area contributed by atoms with Gasteiger partial charge in [-0.15, -0.1) is 11.3 Å². The molecule has 0 bridgehead atoms. The summed E-state index contributed by atoms with van der Waals surface area (Å²) in [5, 5.41) is 18.0. The van der Waals surface area contributed by atoms with E-state index in [-0.39, 0.29) is 29.9 Å². The molecule has 0 spiro atoms. The lowest BCUT2D eigenvalue weighted by molar-refractivity contribution is -0.122. The van der Waals surface area contributed by atoms with Crippen molar-refractivity contribution in [1.29, 1.82) is 0 Å². The standard InChI is InChI=1S/C19H23ClN4O3S/c1-19(2,27)18-22-23(10-16(25)21-11-6-4-3-5-7-11)17(26)13-8-14-12(24(13)18)9-15(20)28-14/h8-9,11,27H,3-7,10H2,1-2H3,(H,21,25). The predicted octanol–water partition coefficient (Wildman–Crippen LogP) is 3.04. The SMILES string of the molecule is CC(C)(O)c1nn(CC(=O)NC2CCCCC2)c(=O)c2cc3sc(Cl)cc3n12. The van der Waals surface area contributed by atoms with Crippen molar-refractivity contribution in [3.8, 4) is 0 Å². The van der Waals surface area contributed by atoms with Gasteiger partial charge in [0.05, 0.1) is 14.6 Å². The van der Waals surface area contributed by atoms with Crippen LogP contribution in [0.3, 0.4) is 0 Å². The predicted molar refractivity (Wildman–Crippen MR) is 110 cm³/mol. The number of rotatable bonds is 4. The van der Waals surface area contributed by atoms with Gasteiger partial charge in [0.25, 0.3) is 5.56 Å². The van der Waals surface area contributed by atoms with Crippen LogP contribution in [-0.2, 0) is 16.9 Å². The smallest absolute Gasteiger partial charge is 0.291 e. The molecule has 2 N–H and O–H groups in total. The largest absolute Gasteiger partial charge is 0.382 e. The molecule has 0 saturated heterocycles. The maximum atomic E-state index is 13.0. The van der Waals surface area contributed by atoms with Gasteiger partial charge >= 0.3 is 0 Å². The third-order valence-electron chi connectivity index (χ3n) is 5.15. The van der Waals surface area contributed by atoms with E-state index in [0.29, 0.717) is 9.85 Å². The van der Waals surface area contributed by atoms with Crippen molar-refractivity contribution in [2.24, 2.45) is 0 Å². The Morgan fingerprint density at radius 3 is 2.71 bits per heavy atom. The molecule has 9 heteroatoms. The first kappa shape index (κ1) is 19.4. The Morgan fingerprint density at radius 2 is 2.04 bits per heavy atom. The number of hydrogen-bond acceptors (Lipinski definition) is 5. The Labute approximate surface area is 170 Å². The number of nitrogens with zero attached hydrogens (tertiary/aromatic N) is 3. The maximum absolute atomic E-state index is 13.0. The number of halogens is 1. The van der Waals surface area contributed by atoms with E-state index in [1.165, 1.54) is 17.8 Å². The molecule has 1 aliphatic rings. The number of hydrogen-bond donors (Lipinski definition) is 2. The molecular formula is C19H23ClN4O3S. The number of carbonyl (C=O) groups excluding carboxylic acids is 1. The van der Waals surface area contributed by atoms with Crippen molar-refractivity contribution in [2.75, 3.05) is 0 Å². The highest BCUT2D eigenvalue weighted by atomic mass is 35.5. The highest BCUT2D eigenvalue weighted by Gasteiger charge is 2.27. The Morgan fingerprint density at radius 1 is 1.32 bits per heavy atom. The zero-order valence-corrected chi connectivity index (χ0v) is 17.4. The van der Waals surface area contributed by atoms with Gasteiger partial charge in [-0.25, -0.2) is 4.68 Å². The van der Waals surface area contributed by atoms with Crippen LogP contribution < -0.4 is 10.9 Å². The summed E-state index contributed by atoms with van der Waals surface area (Å²) in [7, 11) is 0.